The number of nitrogens with one attached hydrogen (secondary N) is 1. The minimum Gasteiger partial charge on any atom is -0.481 e. The number of carbonyl (C=O) groups is 2. The first-order valence-corrected chi connectivity index (χ1v) is 6.31. The number of hydrogen-bond donors (Lipinski definition) is 2. The molecule has 2 unspecified atom stereocenters. The largest absolute Gasteiger partial charge is 0.481 e. The molecule has 0 spiro atoms. The molecule has 1 saturated carbocycles. The van der Waals surface area contributed by atoms with Crippen LogP contribution < -0.4 is 5.32 Å². The number of rotatable bonds is 5. The van der Waals surface area contributed by atoms with E-state index < -0.39 is 12.4 Å². The van der Waals surface area contributed by atoms with Crippen molar-refractivity contribution in [2.75, 3.05) is 5.75 Å². The fraction of sp³-hybridized carbons (Fsp3) is 0.800. The molecule has 1 aliphatic rings. The first-order valence-electron chi connectivity index (χ1n) is 5.26. The summed E-state index contributed by atoms with van der Waals surface area (Å²) in [4.78, 5) is 21.6. The van der Waals surface area contributed by atoms with Gasteiger partial charge >= 0.3 is 5.97 Å². The summed E-state index contributed by atoms with van der Waals surface area (Å²) >= 11 is 1.85. The Morgan fingerprint density at radius 3 is 2.80 bits per heavy atom. The summed E-state index contributed by atoms with van der Waals surface area (Å²) in [5.74, 6) is -0.392. The van der Waals surface area contributed by atoms with Gasteiger partial charge in [0, 0.05) is 11.3 Å². The van der Waals surface area contributed by atoms with Gasteiger partial charge in [-0.1, -0.05) is 13.3 Å². The molecule has 1 fully saturated rings. The number of carbonyl (C=O) groups excluding carboxylic acids is 1. The van der Waals surface area contributed by atoms with Crippen LogP contribution in [-0.4, -0.2) is 34.0 Å². The lowest BCUT2D eigenvalue weighted by Crippen LogP contribution is -2.39. The first-order chi connectivity index (χ1) is 7.13. The van der Waals surface area contributed by atoms with Gasteiger partial charge in [-0.3, -0.25) is 9.59 Å². The molecule has 0 bridgehead atoms. The van der Waals surface area contributed by atoms with E-state index in [1.54, 1.807) is 0 Å². The lowest BCUT2D eigenvalue weighted by atomic mass is 10.2. The van der Waals surface area contributed by atoms with Gasteiger partial charge in [0.05, 0.1) is 0 Å². The van der Waals surface area contributed by atoms with Crippen LogP contribution in [-0.2, 0) is 9.59 Å². The maximum absolute atomic E-state index is 11.3. The Hall–Kier alpha value is -0.710. The first kappa shape index (κ1) is 12.4. The molecule has 2 atom stereocenters. The number of carboxylic acid groups (broad SMARTS) is 1. The van der Waals surface area contributed by atoms with Crippen molar-refractivity contribution < 1.29 is 14.7 Å². The summed E-state index contributed by atoms with van der Waals surface area (Å²) in [7, 11) is 0. The van der Waals surface area contributed by atoms with Crippen LogP contribution in [0.4, 0.5) is 0 Å². The lowest BCUT2D eigenvalue weighted by Gasteiger charge is -2.19. The van der Waals surface area contributed by atoms with Crippen LogP contribution in [0.15, 0.2) is 0 Å². The highest BCUT2D eigenvalue weighted by atomic mass is 32.2. The molecule has 0 aromatic heterocycles. The van der Waals surface area contributed by atoms with E-state index >= 15 is 0 Å². The summed E-state index contributed by atoms with van der Waals surface area (Å²) in [5, 5.41) is 11.7. The third kappa shape index (κ3) is 4.11. The van der Waals surface area contributed by atoms with E-state index in [9.17, 15) is 9.59 Å². The van der Waals surface area contributed by atoms with E-state index in [1.807, 2.05) is 11.8 Å². The van der Waals surface area contributed by atoms with Crippen molar-refractivity contribution in [3.05, 3.63) is 0 Å². The second-order valence-corrected chi connectivity index (χ2v) is 5.19. The molecule has 4 nitrogen and oxygen atoms in total. The summed E-state index contributed by atoms with van der Waals surface area (Å²) < 4.78 is 0. The normalized spacial score (nSPS) is 25.1. The average Bonchev–Trinajstić information content (AvgIpc) is 2.52. The summed E-state index contributed by atoms with van der Waals surface area (Å²) in [5.41, 5.74) is 0. The van der Waals surface area contributed by atoms with Gasteiger partial charge in [0.1, 0.15) is 6.42 Å². The molecule has 0 heterocycles. The maximum Gasteiger partial charge on any atom is 0.312 e. The Morgan fingerprint density at radius 2 is 2.20 bits per heavy atom. The zero-order chi connectivity index (χ0) is 11.3. The third-order valence-electron chi connectivity index (χ3n) is 2.49. The monoisotopic (exact) mass is 231 g/mol. The van der Waals surface area contributed by atoms with Crippen molar-refractivity contribution in [2.45, 2.75) is 43.9 Å². The Kier molecular flexibility index (Phi) is 4.94. The molecule has 0 radical (unpaired) electrons. The smallest absolute Gasteiger partial charge is 0.312 e. The van der Waals surface area contributed by atoms with Crippen molar-refractivity contribution in [3.8, 4) is 0 Å². The highest BCUT2D eigenvalue weighted by Crippen LogP contribution is 2.29. The zero-order valence-corrected chi connectivity index (χ0v) is 9.68. The van der Waals surface area contributed by atoms with Crippen LogP contribution in [0, 0.1) is 0 Å². The van der Waals surface area contributed by atoms with Crippen LogP contribution in [0.1, 0.15) is 32.6 Å². The quantitative estimate of drug-likeness (QED) is 0.699. The number of thioether (sulfide) groups is 1. The topological polar surface area (TPSA) is 66.4 Å². The van der Waals surface area contributed by atoms with Crippen LogP contribution in [0.3, 0.4) is 0 Å². The van der Waals surface area contributed by atoms with E-state index in [4.69, 9.17) is 5.11 Å². The van der Waals surface area contributed by atoms with Gasteiger partial charge in [0.15, 0.2) is 0 Å². The van der Waals surface area contributed by atoms with Gasteiger partial charge in [-0.05, 0) is 18.6 Å². The minimum absolute atomic E-state index is 0.168. The van der Waals surface area contributed by atoms with Gasteiger partial charge in [0.2, 0.25) is 5.91 Å². The van der Waals surface area contributed by atoms with Crippen molar-refractivity contribution in [1.82, 2.24) is 5.32 Å². The standard InChI is InChI=1S/C10H17NO3S/c1-2-15-8-5-3-4-7(8)11-9(12)6-10(13)14/h7-8H,2-6H2,1H3,(H,11,12)(H,13,14). The second-order valence-electron chi connectivity index (χ2n) is 3.67. The highest BCUT2D eigenvalue weighted by molar-refractivity contribution is 7.99. The fourth-order valence-corrected chi connectivity index (χ4v) is 3.10. The molecule has 1 aliphatic carbocycles. The number of carboxylic acids is 1. The molecule has 1 amide bonds. The number of hydrogen-bond acceptors (Lipinski definition) is 3. The van der Waals surface area contributed by atoms with Crippen molar-refractivity contribution >= 4 is 23.6 Å². The Balaban J connectivity index is 2.36. The van der Waals surface area contributed by atoms with E-state index in [-0.39, 0.29) is 11.9 Å². The Labute approximate surface area is 93.8 Å². The molecule has 86 valence electrons. The second kappa shape index (κ2) is 6.00. The predicted octanol–water partition coefficient (Wildman–Crippen LogP) is 1.25. The Bertz CT molecular complexity index is 245. The van der Waals surface area contributed by atoms with Gasteiger partial charge in [-0.25, -0.2) is 0 Å². The van der Waals surface area contributed by atoms with Crippen LogP contribution in [0.25, 0.3) is 0 Å². The molecule has 0 aromatic carbocycles. The molecular formula is C10H17NO3S. The van der Waals surface area contributed by atoms with Gasteiger partial charge in [-0.2, -0.15) is 11.8 Å². The summed E-state index contributed by atoms with van der Waals surface area (Å²) in [6.07, 6.45) is 2.80. The molecule has 5 heteroatoms. The summed E-state index contributed by atoms with van der Waals surface area (Å²) in [6.45, 7) is 2.10. The number of amides is 1. The average molecular weight is 231 g/mol. The van der Waals surface area contributed by atoms with Crippen molar-refractivity contribution in [3.63, 3.8) is 0 Å². The fourth-order valence-electron chi connectivity index (χ4n) is 1.90. The van der Waals surface area contributed by atoms with E-state index in [1.165, 1.54) is 0 Å². The van der Waals surface area contributed by atoms with Gasteiger partial charge < -0.3 is 10.4 Å². The lowest BCUT2D eigenvalue weighted by molar-refractivity contribution is -0.140. The third-order valence-corrected chi connectivity index (χ3v) is 3.82. The minimum atomic E-state index is -1.06. The number of aliphatic carboxylic acids is 1. The molecule has 15 heavy (non-hydrogen) atoms. The maximum atomic E-state index is 11.3. The summed E-state index contributed by atoms with van der Waals surface area (Å²) in [6, 6.07) is 0.168. The van der Waals surface area contributed by atoms with E-state index in [0.29, 0.717) is 5.25 Å². The molecule has 1 rings (SSSR count). The molecule has 2 N–H and O–H groups in total. The molecule has 0 saturated heterocycles. The molecule has 0 aromatic rings. The van der Waals surface area contributed by atoms with Crippen LogP contribution >= 0.6 is 11.8 Å². The molecular weight excluding hydrogens is 214 g/mol. The van der Waals surface area contributed by atoms with Crippen LogP contribution in [0.2, 0.25) is 0 Å². The predicted molar refractivity (Wildman–Crippen MR) is 60.0 cm³/mol. The SMILES string of the molecule is CCSC1CCCC1NC(=O)CC(=O)O. The van der Waals surface area contributed by atoms with Crippen molar-refractivity contribution in [1.29, 1.82) is 0 Å². The van der Waals surface area contributed by atoms with Crippen molar-refractivity contribution in [2.24, 2.45) is 0 Å². The van der Waals surface area contributed by atoms with E-state index in [0.717, 1.165) is 25.0 Å². The van der Waals surface area contributed by atoms with Gasteiger partial charge in [-0.15, -0.1) is 0 Å². The molecule has 0 aliphatic heterocycles. The van der Waals surface area contributed by atoms with Gasteiger partial charge in [0.25, 0.3) is 0 Å². The zero-order valence-electron chi connectivity index (χ0n) is 8.86. The van der Waals surface area contributed by atoms with Crippen LogP contribution in [0.5, 0.6) is 0 Å². The Morgan fingerprint density at radius 1 is 1.47 bits per heavy atom. The van der Waals surface area contributed by atoms with E-state index in [2.05, 4.69) is 12.2 Å². The highest BCUT2D eigenvalue weighted by Gasteiger charge is 2.28.